The van der Waals surface area contributed by atoms with Crippen molar-refractivity contribution < 1.29 is 8.95 Å². The van der Waals surface area contributed by atoms with Gasteiger partial charge in [0.05, 0.1) is 17.7 Å². The number of nitrogens with one attached hydrogen (secondary N) is 2. The average molecular weight is 399 g/mol. The second-order valence-corrected chi connectivity index (χ2v) is 7.18. The van der Waals surface area contributed by atoms with Gasteiger partial charge in [-0.15, -0.1) is 0 Å². The van der Waals surface area contributed by atoms with Gasteiger partial charge in [0, 0.05) is 20.0 Å². The molecule has 0 amide bonds. The zero-order chi connectivity index (χ0) is 20.3. The molecule has 2 heterocycles. The summed E-state index contributed by atoms with van der Waals surface area (Å²) in [4.78, 5) is 9.05. The maximum atomic E-state index is 12.9. The highest BCUT2D eigenvalue weighted by atomic mass is 32.2. The zero-order valence-electron chi connectivity index (χ0n) is 16.1. The van der Waals surface area contributed by atoms with Crippen LogP contribution in [0.1, 0.15) is 11.4 Å². The monoisotopic (exact) mass is 399 g/mol. The number of methoxy groups -OCH3 is 1. The van der Waals surface area contributed by atoms with Crippen molar-refractivity contribution in [2.45, 2.75) is 18.7 Å². The van der Waals surface area contributed by atoms with Crippen LogP contribution in [0.5, 0.6) is 5.75 Å². The lowest BCUT2D eigenvalue weighted by atomic mass is 10.1. The van der Waals surface area contributed by atoms with Gasteiger partial charge in [0.15, 0.2) is 16.8 Å². The third-order valence-electron chi connectivity index (χ3n) is 4.07. The van der Waals surface area contributed by atoms with Gasteiger partial charge in [-0.3, -0.25) is 19.8 Å². The molecular formula is C18H21N7O2S. The Labute approximate surface area is 165 Å². The molecule has 3 aromatic rings. The number of rotatable bonds is 7. The van der Waals surface area contributed by atoms with Gasteiger partial charge in [-0.2, -0.15) is 10.2 Å². The molecule has 9 nitrogen and oxygen atoms in total. The Kier molecular flexibility index (Phi) is 5.69. The minimum absolute atomic E-state index is 0.490. The second kappa shape index (κ2) is 8.17. The number of hydrogen-bond acceptors (Lipinski definition) is 7. The molecule has 2 N–H and O–H groups in total. The van der Waals surface area contributed by atoms with Crippen molar-refractivity contribution in [2.75, 3.05) is 23.9 Å². The smallest absolute Gasteiger partial charge is 0.199 e. The van der Waals surface area contributed by atoms with Crippen LogP contribution in [0, 0.1) is 13.8 Å². The van der Waals surface area contributed by atoms with Gasteiger partial charge in [-0.1, -0.05) is 6.07 Å². The quantitative estimate of drug-likeness (QED) is 0.467. The second-order valence-electron chi connectivity index (χ2n) is 5.97. The molecule has 0 aliphatic carbocycles. The third kappa shape index (κ3) is 3.86. The molecule has 0 saturated heterocycles. The Morgan fingerprint density at radius 2 is 2.07 bits per heavy atom. The number of hydrogen-bond donors (Lipinski definition) is 2. The minimum atomic E-state index is -1.57. The van der Waals surface area contributed by atoms with Crippen LogP contribution in [0.3, 0.4) is 0 Å². The summed E-state index contributed by atoms with van der Waals surface area (Å²) in [5, 5.41) is 12.4. The molecule has 146 valence electrons. The Morgan fingerprint density at radius 1 is 1.29 bits per heavy atom. The van der Waals surface area contributed by atoms with Crippen LogP contribution in [-0.2, 0) is 11.0 Å². The molecule has 0 aliphatic rings. The van der Waals surface area contributed by atoms with Crippen LogP contribution in [-0.4, -0.2) is 45.2 Å². The summed E-state index contributed by atoms with van der Waals surface area (Å²) >= 11 is 0. The van der Waals surface area contributed by atoms with Gasteiger partial charge >= 0.3 is 0 Å². The van der Waals surface area contributed by atoms with Crippen molar-refractivity contribution in [3.63, 3.8) is 0 Å². The van der Waals surface area contributed by atoms with E-state index >= 15 is 0 Å². The summed E-state index contributed by atoms with van der Waals surface area (Å²) in [6.45, 7) is 7.30. The van der Waals surface area contributed by atoms with E-state index in [1.54, 1.807) is 31.3 Å². The van der Waals surface area contributed by atoms with E-state index in [4.69, 9.17) is 4.74 Å². The SMILES string of the molecule is C=NN(C)c1c(C)ccc(OC)c1NS(=O)c1ccc(-c2n[nH]c(C)n2)nc1. The number of ether oxygens (including phenoxy) is 1. The molecular weight excluding hydrogens is 378 g/mol. The standard InChI is InChI=1S/C18H21N7O2S/c1-11-6-9-15(27-5)16(17(11)25(4)19-3)24-28(26)13-7-8-14(20-10-13)18-21-12(2)22-23-18/h6-10,24H,3H2,1-2,4-5H3,(H,21,22,23). The maximum Gasteiger partial charge on any atom is 0.199 e. The van der Waals surface area contributed by atoms with E-state index in [0.29, 0.717) is 33.7 Å². The molecule has 0 bridgehead atoms. The molecule has 1 unspecified atom stereocenters. The molecule has 10 heteroatoms. The van der Waals surface area contributed by atoms with Crippen molar-refractivity contribution in [2.24, 2.45) is 5.10 Å². The fourth-order valence-corrected chi connectivity index (χ4v) is 3.50. The van der Waals surface area contributed by atoms with Crippen molar-refractivity contribution in [3.8, 4) is 17.3 Å². The topological polar surface area (TPSA) is 108 Å². The highest BCUT2D eigenvalue weighted by Gasteiger charge is 2.18. The number of aromatic amines is 1. The van der Waals surface area contributed by atoms with Crippen molar-refractivity contribution in [1.29, 1.82) is 0 Å². The number of benzene rings is 1. The van der Waals surface area contributed by atoms with Gasteiger partial charge in [0.2, 0.25) is 0 Å². The highest BCUT2D eigenvalue weighted by molar-refractivity contribution is 7.86. The van der Waals surface area contributed by atoms with E-state index in [1.807, 2.05) is 26.0 Å². The van der Waals surface area contributed by atoms with Gasteiger partial charge in [0.25, 0.3) is 0 Å². The lowest BCUT2D eigenvalue weighted by molar-refractivity contribution is 0.417. The van der Waals surface area contributed by atoms with Crippen LogP contribution in [0.25, 0.3) is 11.5 Å². The molecule has 0 spiro atoms. The van der Waals surface area contributed by atoms with Gasteiger partial charge in [0.1, 0.15) is 23.0 Å². The predicted molar refractivity (Wildman–Crippen MR) is 110 cm³/mol. The number of nitrogens with zero attached hydrogens (tertiary/aromatic N) is 5. The first-order chi connectivity index (χ1) is 13.4. The Bertz CT molecular complexity index is 1020. The predicted octanol–water partition coefficient (Wildman–Crippen LogP) is 2.68. The van der Waals surface area contributed by atoms with Crippen molar-refractivity contribution in [1.82, 2.24) is 20.2 Å². The summed E-state index contributed by atoms with van der Waals surface area (Å²) in [6.07, 6.45) is 1.53. The number of H-pyrrole nitrogens is 1. The average Bonchev–Trinajstić information content (AvgIpc) is 3.14. The summed E-state index contributed by atoms with van der Waals surface area (Å²) in [5.74, 6) is 1.74. The first kappa shape index (κ1) is 19.5. The molecule has 3 rings (SSSR count). The number of anilines is 2. The number of aryl methyl sites for hydroxylation is 2. The summed E-state index contributed by atoms with van der Waals surface area (Å²) in [7, 11) is 1.74. The lowest BCUT2D eigenvalue weighted by Crippen LogP contribution is -2.15. The normalized spacial score (nSPS) is 11.7. The third-order valence-corrected chi connectivity index (χ3v) is 5.13. The number of pyridine rings is 1. The fraction of sp³-hybridized carbons (Fsp3) is 0.222. The van der Waals surface area contributed by atoms with Crippen LogP contribution < -0.4 is 14.5 Å². The summed E-state index contributed by atoms with van der Waals surface area (Å²) < 4.78 is 21.3. The summed E-state index contributed by atoms with van der Waals surface area (Å²) in [6, 6.07) is 7.15. The fourth-order valence-electron chi connectivity index (χ4n) is 2.66. The number of hydrazone groups is 1. The van der Waals surface area contributed by atoms with Crippen molar-refractivity contribution in [3.05, 3.63) is 41.9 Å². The van der Waals surface area contributed by atoms with E-state index in [9.17, 15) is 4.21 Å². The van der Waals surface area contributed by atoms with E-state index in [0.717, 1.165) is 11.3 Å². The molecule has 0 fully saturated rings. The van der Waals surface area contributed by atoms with Crippen LogP contribution >= 0.6 is 0 Å². The molecule has 0 radical (unpaired) electrons. The van der Waals surface area contributed by atoms with Crippen LogP contribution in [0.15, 0.2) is 40.5 Å². The largest absolute Gasteiger partial charge is 0.494 e. The van der Waals surface area contributed by atoms with Crippen molar-refractivity contribution >= 4 is 29.1 Å². The first-order valence-electron chi connectivity index (χ1n) is 8.36. The number of aromatic nitrogens is 4. The minimum Gasteiger partial charge on any atom is -0.494 e. The van der Waals surface area contributed by atoms with E-state index in [1.165, 1.54) is 6.20 Å². The van der Waals surface area contributed by atoms with Crippen LogP contribution in [0.4, 0.5) is 11.4 Å². The van der Waals surface area contributed by atoms with Crippen LogP contribution in [0.2, 0.25) is 0 Å². The van der Waals surface area contributed by atoms with Gasteiger partial charge < -0.3 is 4.74 Å². The molecule has 28 heavy (non-hydrogen) atoms. The molecule has 1 aromatic carbocycles. The molecule has 2 aromatic heterocycles. The Morgan fingerprint density at radius 3 is 2.64 bits per heavy atom. The van der Waals surface area contributed by atoms with E-state index in [-0.39, 0.29) is 0 Å². The van der Waals surface area contributed by atoms with Gasteiger partial charge in [-0.25, -0.2) is 9.19 Å². The molecule has 1 atom stereocenters. The first-order valence-corrected chi connectivity index (χ1v) is 9.51. The lowest BCUT2D eigenvalue weighted by Gasteiger charge is -2.22. The highest BCUT2D eigenvalue weighted by Crippen LogP contribution is 2.38. The van der Waals surface area contributed by atoms with E-state index < -0.39 is 11.0 Å². The Hall–Kier alpha value is -3.27. The summed E-state index contributed by atoms with van der Waals surface area (Å²) in [5.41, 5.74) is 2.81. The van der Waals surface area contributed by atoms with E-state index in [2.05, 4.69) is 36.7 Å². The van der Waals surface area contributed by atoms with Gasteiger partial charge in [-0.05, 0) is 37.6 Å². The molecule has 0 saturated carbocycles. The Balaban J connectivity index is 1.90. The zero-order valence-corrected chi connectivity index (χ0v) is 16.9. The maximum absolute atomic E-state index is 12.9. The molecule has 0 aliphatic heterocycles.